The molecule has 0 saturated carbocycles. The highest BCUT2D eigenvalue weighted by Crippen LogP contribution is 2.40. The molecule has 1 N–H and O–H groups in total. The third-order valence-corrected chi connectivity index (χ3v) is 5.22. The number of piperazine rings is 1. The Morgan fingerprint density at radius 1 is 1.36 bits per heavy atom. The third-order valence-electron chi connectivity index (χ3n) is 5.22. The Kier molecular flexibility index (Phi) is 4.46. The van der Waals surface area contributed by atoms with E-state index in [4.69, 9.17) is 4.74 Å². The number of carboxylic acid groups (broad SMARTS) is 1. The molecule has 1 saturated heterocycles. The number of anilines is 1. The Bertz CT molecular complexity index is 1030. The van der Waals surface area contributed by atoms with E-state index in [1.54, 1.807) is 16.7 Å². The molecule has 0 amide bonds. The van der Waals surface area contributed by atoms with Gasteiger partial charge in [-0.25, -0.2) is 9.18 Å². The van der Waals surface area contributed by atoms with Crippen molar-refractivity contribution in [1.82, 2.24) is 9.58 Å². The number of aromatic carboxylic acids is 1. The number of rotatable bonds is 4. The number of aromatic nitrogens is 1. The second-order valence-corrected chi connectivity index (χ2v) is 6.96. The highest BCUT2D eigenvalue weighted by atomic mass is 19.1. The van der Waals surface area contributed by atoms with E-state index >= 15 is 4.39 Å². The number of ether oxygens (including phenoxy) is 1. The topological polar surface area (TPSA) is 78.2 Å². The summed E-state index contributed by atoms with van der Waals surface area (Å²) in [6, 6.07) is 1.12. The van der Waals surface area contributed by atoms with Crippen molar-refractivity contribution in [1.29, 1.82) is 0 Å². The molecule has 9 heteroatoms. The van der Waals surface area contributed by atoms with Gasteiger partial charge in [-0.05, 0) is 6.07 Å². The molecule has 0 aliphatic carbocycles. The van der Waals surface area contributed by atoms with Crippen LogP contribution < -0.4 is 20.1 Å². The molecule has 28 heavy (non-hydrogen) atoms. The monoisotopic (exact) mass is 388 g/mol. The summed E-state index contributed by atoms with van der Waals surface area (Å²) in [5.74, 6) is -1.66. The van der Waals surface area contributed by atoms with Crippen LogP contribution in [0.15, 0.2) is 29.7 Å². The second-order valence-electron chi connectivity index (χ2n) is 6.96. The first-order chi connectivity index (χ1) is 13.4. The van der Waals surface area contributed by atoms with E-state index in [2.05, 4.69) is 11.5 Å². The summed E-state index contributed by atoms with van der Waals surface area (Å²) in [5, 5.41) is 11.0. The van der Waals surface area contributed by atoms with Gasteiger partial charge in [0.15, 0.2) is 18.3 Å². The zero-order valence-electron chi connectivity index (χ0n) is 15.5. The number of pyridine rings is 1. The largest absolute Gasteiger partial charge is 0.477 e. The van der Waals surface area contributed by atoms with Gasteiger partial charge in [-0.1, -0.05) is 6.08 Å². The average Bonchev–Trinajstić information content (AvgIpc) is 2.67. The summed E-state index contributed by atoms with van der Waals surface area (Å²) >= 11 is 0. The maximum Gasteiger partial charge on any atom is 0.341 e. The molecule has 0 unspecified atom stereocenters. The van der Waals surface area contributed by atoms with Crippen molar-refractivity contribution in [3.63, 3.8) is 0 Å². The van der Waals surface area contributed by atoms with Crippen LogP contribution in [0.4, 0.5) is 10.1 Å². The first-order valence-corrected chi connectivity index (χ1v) is 9.00. The van der Waals surface area contributed by atoms with E-state index in [-0.39, 0.29) is 17.9 Å². The maximum atomic E-state index is 15.1. The highest BCUT2D eigenvalue weighted by Gasteiger charge is 2.30. The van der Waals surface area contributed by atoms with Gasteiger partial charge in [0, 0.05) is 46.0 Å². The van der Waals surface area contributed by atoms with E-state index < -0.39 is 22.8 Å². The van der Waals surface area contributed by atoms with Crippen molar-refractivity contribution >= 4 is 22.6 Å². The fourth-order valence-corrected chi connectivity index (χ4v) is 3.81. The van der Waals surface area contributed by atoms with Crippen molar-refractivity contribution in [2.75, 3.05) is 56.4 Å². The SMILES string of the molecule is C=CCN1CCN(c2c(F)cc3c(=O)c(C(=O)O)cn4c3c2OCN4C)CC1. The third kappa shape index (κ3) is 2.78. The number of nitrogens with zero attached hydrogens (tertiary/aromatic N) is 4. The van der Waals surface area contributed by atoms with Crippen LogP contribution in [0.2, 0.25) is 0 Å². The zero-order valence-corrected chi connectivity index (χ0v) is 15.5. The van der Waals surface area contributed by atoms with Crippen molar-refractivity contribution in [3.05, 3.63) is 46.5 Å². The van der Waals surface area contributed by atoms with Crippen molar-refractivity contribution < 1.29 is 19.0 Å². The molecule has 2 aromatic rings. The molecule has 148 valence electrons. The van der Waals surface area contributed by atoms with Crippen LogP contribution >= 0.6 is 0 Å². The standard InChI is InChI=1S/C19H21FN4O4/c1-3-4-22-5-7-23(8-6-22)16-14(20)9-12-15-18(16)28-11-21(2)24(15)10-13(17(12)25)19(26)27/h3,9-10H,1,4-8,11H2,2H3,(H,26,27). The molecule has 1 aromatic heterocycles. The predicted molar refractivity (Wildman–Crippen MR) is 104 cm³/mol. The molecule has 2 aliphatic heterocycles. The summed E-state index contributed by atoms with van der Waals surface area (Å²) in [5.41, 5.74) is -0.429. The molecule has 8 nitrogen and oxygen atoms in total. The van der Waals surface area contributed by atoms with Gasteiger partial charge in [0.25, 0.3) is 0 Å². The summed E-state index contributed by atoms with van der Waals surface area (Å²) in [7, 11) is 1.70. The maximum absolute atomic E-state index is 15.1. The molecule has 0 atom stereocenters. The van der Waals surface area contributed by atoms with Gasteiger partial charge in [0.1, 0.15) is 16.8 Å². The van der Waals surface area contributed by atoms with Crippen LogP contribution in [0, 0.1) is 5.82 Å². The van der Waals surface area contributed by atoms with Crippen molar-refractivity contribution in [3.8, 4) is 5.75 Å². The zero-order chi connectivity index (χ0) is 20.0. The predicted octanol–water partition coefficient (Wildman–Crippen LogP) is 1.06. The van der Waals surface area contributed by atoms with Crippen LogP contribution in [-0.4, -0.2) is 67.2 Å². The van der Waals surface area contributed by atoms with Crippen LogP contribution in [-0.2, 0) is 0 Å². The molecule has 4 rings (SSSR count). The van der Waals surface area contributed by atoms with Crippen LogP contribution in [0.5, 0.6) is 5.75 Å². The van der Waals surface area contributed by atoms with Crippen molar-refractivity contribution in [2.24, 2.45) is 0 Å². The first-order valence-electron chi connectivity index (χ1n) is 9.00. The second kappa shape index (κ2) is 6.83. The van der Waals surface area contributed by atoms with Gasteiger partial charge in [0.2, 0.25) is 5.43 Å². The minimum absolute atomic E-state index is 0.00649. The Balaban J connectivity index is 1.88. The lowest BCUT2D eigenvalue weighted by molar-refractivity contribution is 0.0694. The van der Waals surface area contributed by atoms with Gasteiger partial charge in [0.05, 0.1) is 5.39 Å². The highest BCUT2D eigenvalue weighted by molar-refractivity contribution is 5.97. The lowest BCUT2D eigenvalue weighted by Crippen LogP contribution is -2.47. The minimum atomic E-state index is -1.35. The molecule has 0 bridgehead atoms. The van der Waals surface area contributed by atoms with E-state index in [0.29, 0.717) is 24.3 Å². The minimum Gasteiger partial charge on any atom is -0.477 e. The van der Waals surface area contributed by atoms with Crippen LogP contribution in [0.1, 0.15) is 10.4 Å². The summed E-state index contributed by atoms with van der Waals surface area (Å²) in [4.78, 5) is 28.2. The molecule has 0 spiro atoms. The molecule has 1 aromatic carbocycles. The molecule has 0 radical (unpaired) electrons. The molecule has 1 fully saturated rings. The quantitative estimate of drug-likeness (QED) is 0.785. The van der Waals surface area contributed by atoms with Crippen LogP contribution in [0.25, 0.3) is 10.9 Å². The summed E-state index contributed by atoms with van der Waals surface area (Å²) in [6.45, 7) is 7.37. The van der Waals surface area contributed by atoms with Gasteiger partial charge in [-0.15, -0.1) is 6.58 Å². The Morgan fingerprint density at radius 2 is 2.07 bits per heavy atom. The normalized spacial score (nSPS) is 16.9. The number of carbonyl (C=O) groups is 1. The van der Waals surface area contributed by atoms with Gasteiger partial charge in [-0.2, -0.15) is 0 Å². The molecule has 3 heterocycles. The number of halogens is 1. The average molecular weight is 388 g/mol. The fraction of sp³-hybridized carbons (Fsp3) is 0.368. The molecule has 2 aliphatic rings. The number of hydrogen-bond donors (Lipinski definition) is 1. The van der Waals surface area contributed by atoms with E-state index in [1.807, 2.05) is 11.0 Å². The number of carboxylic acids is 1. The number of benzene rings is 1. The summed E-state index contributed by atoms with van der Waals surface area (Å²) < 4.78 is 22.5. The Labute approximate surface area is 160 Å². The van der Waals surface area contributed by atoms with Gasteiger partial charge < -0.3 is 14.7 Å². The number of hydrogen-bond acceptors (Lipinski definition) is 6. The smallest absolute Gasteiger partial charge is 0.341 e. The van der Waals surface area contributed by atoms with Crippen LogP contribution in [0.3, 0.4) is 0 Å². The van der Waals surface area contributed by atoms with E-state index in [9.17, 15) is 14.7 Å². The Hall–Kier alpha value is -3.07. The van der Waals surface area contributed by atoms with E-state index in [1.165, 1.54) is 6.20 Å². The molecular weight excluding hydrogens is 367 g/mol. The van der Waals surface area contributed by atoms with Gasteiger partial charge >= 0.3 is 5.97 Å². The van der Waals surface area contributed by atoms with E-state index in [0.717, 1.165) is 25.7 Å². The van der Waals surface area contributed by atoms with Crippen molar-refractivity contribution in [2.45, 2.75) is 0 Å². The first kappa shape index (κ1) is 18.3. The lowest BCUT2D eigenvalue weighted by atomic mass is 10.1. The lowest BCUT2D eigenvalue weighted by Gasteiger charge is -2.38. The molecular formula is C19H21FN4O4. The van der Waals surface area contributed by atoms with Gasteiger partial charge in [-0.3, -0.25) is 19.4 Å². The fourth-order valence-electron chi connectivity index (χ4n) is 3.81. The summed E-state index contributed by atoms with van der Waals surface area (Å²) in [6.07, 6.45) is 3.11. The Morgan fingerprint density at radius 3 is 2.71 bits per heavy atom.